The summed E-state index contributed by atoms with van der Waals surface area (Å²) < 4.78 is 31.4. The van der Waals surface area contributed by atoms with Gasteiger partial charge in [-0.2, -0.15) is 8.78 Å². The van der Waals surface area contributed by atoms with E-state index in [2.05, 4.69) is 6.92 Å². The number of allylic oxidation sites excluding steroid dienone is 1. The van der Waals surface area contributed by atoms with Gasteiger partial charge in [-0.1, -0.05) is 13.3 Å². The summed E-state index contributed by atoms with van der Waals surface area (Å²) in [6.45, 7) is 3.31. The van der Waals surface area contributed by atoms with Crippen molar-refractivity contribution in [3.8, 4) is 0 Å². The predicted molar refractivity (Wildman–Crippen MR) is 124 cm³/mol. The Bertz CT molecular complexity index is 539. The zero-order chi connectivity index (χ0) is 21.6. The fraction of sp³-hybridized carbons (Fsp3) is 0.929. The van der Waals surface area contributed by atoms with E-state index in [1.165, 1.54) is 96.0 Å². The molecule has 3 aliphatic carbocycles. The number of ether oxygens (including phenoxy) is 1. The smallest absolute Gasteiger partial charge is 0.266 e. The van der Waals surface area contributed by atoms with Crippen molar-refractivity contribution in [2.75, 3.05) is 6.61 Å². The van der Waals surface area contributed by atoms with Gasteiger partial charge in [0, 0.05) is 6.61 Å². The second-order valence-corrected chi connectivity index (χ2v) is 11.6. The monoisotopic (exact) mass is 436 g/mol. The Balaban J connectivity index is 1.14. The van der Waals surface area contributed by atoms with Gasteiger partial charge in [0.05, 0.1) is 6.10 Å². The van der Waals surface area contributed by atoms with Crippen molar-refractivity contribution in [3.63, 3.8) is 0 Å². The van der Waals surface area contributed by atoms with Gasteiger partial charge >= 0.3 is 0 Å². The van der Waals surface area contributed by atoms with Gasteiger partial charge in [-0.25, -0.2) is 0 Å². The molecule has 0 aromatic rings. The van der Waals surface area contributed by atoms with Crippen LogP contribution in [0.4, 0.5) is 8.78 Å². The maximum absolute atomic E-state index is 12.5. The number of halogens is 2. The molecule has 3 heteroatoms. The second-order valence-electron chi connectivity index (χ2n) is 11.6. The van der Waals surface area contributed by atoms with Crippen LogP contribution in [0.5, 0.6) is 0 Å². The average molecular weight is 437 g/mol. The van der Waals surface area contributed by atoms with E-state index >= 15 is 0 Å². The normalized spacial score (nSPS) is 42.2. The van der Waals surface area contributed by atoms with Gasteiger partial charge in [0.25, 0.3) is 6.08 Å². The van der Waals surface area contributed by atoms with E-state index in [1.807, 2.05) is 0 Å². The Morgan fingerprint density at radius 1 is 0.677 bits per heavy atom. The van der Waals surface area contributed by atoms with Crippen molar-refractivity contribution in [3.05, 3.63) is 12.2 Å². The van der Waals surface area contributed by atoms with Gasteiger partial charge in [0.2, 0.25) is 0 Å². The van der Waals surface area contributed by atoms with Gasteiger partial charge in [-0.15, -0.1) is 0 Å². The molecule has 0 spiro atoms. The molecule has 1 aliphatic heterocycles. The molecule has 0 amide bonds. The van der Waals surface area contributed by atoms with Gasteiger partial charge in [-0.05, 0) is 144 Å². The minimum atomic E-state index is -1.48. The van der Waals surface area contributed by atoms with Gasteiger partial charge in [-0.3, -0.25) is 0 Å². The molecule has 1 saturated heterocycles. The minimum Gasteiger partial charge on any atom is -0.378 e. The van der Waals surface area contributed by atoms with Crippen LogP contribution in [-0.4, -0.2) is 12.7 Å². The van der Waals surface area contributed by atoms with Gasteiger partial charge in [0.1, 0.15) is 0 Å². The molecule has 3 saturated carbocycles. The molecule has 0 aromatic heterocycles. The van der Waals surface area contributed by atoms with Crippen LogP contribution in [0.15, 0.2) is 12.2 Å². The van der Waals surface area contributed by atoms with E-state index in [9.17, 15) is 8.78 Å². The maximum Gasteiger partial charge on any atom is 0.266 e. The molecule has 31 heavy (non-hydrogen) atoms. The second kappa shape index (κ2) is 11.6. The third-order valence-corrected chi connectivity index (χ3v) is 9.77. The molecule has 2 atom stereocenters. The van der Waals surface area contributed by atoms with Crippen LogP contribution in [0, 0.1) is 41.4 Å². The molecule has 0 aromatic carbocycles. The summed E-state index contributed by atoms with van der Waals surface area (Å²) in [6, 6.07) is 0. The van der Waals surface area contributed by atoms with Crippen molar-refractivity contribution in [1.82, 2.24) is 0 Å². The molecule has 1 heterocycles. The SMILES string of the molecule is CCCC1CCC(C2CCC(C3CCC(C4CCC(C=C(F)F)CC4)CC3)CC2)OC1. The molecular formula is C28H46F2O. The Morgan fingerprint density at radius 3 is 1.58 bits per heavy atom. The lowest BCUT2D eigenvalue weighted by atomic mass is 9.64. The van der Waals surface area contributed by atoms with Crippen LogP contribution in [0.25, 0.3) is 0 Å². The molecule has 178 valence electrons. The summed E-state index contributed by atoms with van der Waals surface area (Å²) >= 11 is 0. The van der Waals surface area contributed by atoms with Crippen molar-refractivity contribution in [2.24, 2.45) is 41.4 Å². The summed E-state index contributed by atoms with van der Waals surface area (Å²) in [5, 5.41) is 0. The standard InChI is InChI=1S/C28H46F2O/c1-2-3-21-6-17-27(31-19-21)26-15-13-25(14-16-26)24-11-9-23(10-12-24)22-7-4-20(5-8-22)18-28(29)30/h18,20-27H,2-17,19H2,1H3. The zero-order valence-corrected chi connectivity index (χ0v) is 19.9. The Hall–Kier alpha value is -0.440. The third-order valence-electron chi connectivity index (χ3n) is 9.77. The average Bonchev–Trinajstić information content (AvgIpc) is 2.80. The first-order chi connectivity index (χ1) is 15.1. The first-order valence-electron chi connectivity index (χ1n) is 13.8. The quantitative estimate of drug-likeness (QED) is 0.404. The summed E-state index contributed by atoms with van der Waals surface area (Å²) in [6.07, 6.45) is 21.3. The molecule has 1 nitrogen and oxygen atoms in total. The lowest BCUT2D eigenvalue weighted by Gasteiger charge is -2.43. The molecule has 4 fully saturated rings. The number of hydrogen-bond donors (Lipinski definition) is 0. The van der Waals surface area contributed by atoms with Crippen LogP contribution in [0.2, 0.25) is 0 Å². The Morgan fingerprint density at radius 2 is 1.16 bits per heavy atom. The largest absolute Gasteiger partial charge is 0.378 e. The minimum absolute atomic E-state index is 0.137. The molecule has 0 N–H and O–H groups in total. The van der Waals surface area contributed by atoms with Crippen molar-refractivity contribution in [1.29, 1.82) is 0 Å². The summed E-state index contributed by atoms with van der Waals surface area (Å²) in [5.74, 6) is 5.39. The molecule has 0 radical (unpaired) electrons. The third kappa shape index (κ3) is 6.55. The molecule has 4 aliphatic rings. The zero-order valence-electron chi connectivity index (χ0n) is 19.9. The predicted octanol–water partition coefficient (Wildman–Crippen LogP) is 8.78. The van der Waals surface area contributed by atoms with E-state index in [1.54, 1.807) is 0 Å². The van der Waals surface area contributed by atoms with E-state index < -0.39 is 6.08 Å². The summed E-state index contributed by atoms with van der Waals surface area (Å²) in [5.41, 5.74) is 0. The lowest BCUT2D eigenvalue weighted by molar-refractivity contribution is -0.0620. The van der Waals surface area contributed by atoms with Crippen LogP contribution in [0.3, 0.4) is 0 Å². The van der Waals surface area contributed by atoms with Gasteiger partial charge in [0.15, 0.2) is 0 Å². The van der Waals surface area contributed by atoms with Crippen molar-refractivity contribution < 1.29 is 13.5 Å². The van der Waals surface area contributed by atoms with E-state index in [-0.39, 0.29) is 5.92 Å². The highest BCUT2D eigenvalue weighted by Gasteiger charge is 2.36. The summed E-state index contributed by atoms with van der Waals surface area (Å²) in [7, 11) is 0. The molecule has 0 bridgehead atoms. The van der Waals surface area contributed by atoms with Crippen molar-refractivity contribution in [2.45, 2.75) is 116 Å². The maximum atomic E-state index is 12.5. The first kappa shape index (κ1) is 23.7. The van der Waals surface area contributed by atoms with Crippen LogP contribution < -0.4 is 0 Å². The molecular weight excluding hydrogens is 390 g/mol. The topological polar surface area (TPSA) is 9.23 Å². The number of rotatable bonds is 6. The fourth-order valence-electron chi connectivity index (χ4n) is 7.87. The highest BCUT2D eigenvalue weighted by atomic mass is 19.3. The van der Waals surface area contributed by atoms with Crippen LogP contribution >= 0.6 is 0 Å². The molecule has 4 rings (SSSR count). The Kier molecular flexibility index (Phi) is 8.88. The van der Waals surface area contributed by atoms with E-state index in [0.29, 0.717) is 6.10 Å². The number of hydrogen-bond acceptors (Lipinski definition) is 1. The summed E-state index contributed by atoms with van der Waals surface area (Å²) in [4.78, 5) is 0. The van der Waals surface area contributed by atoms with Gasteiger partial charge < -0.3 is 4.74 Å². The highest BCUT2D eigenvalue weighted by molar-refractivity contribution is 4.93. The first-order valence-corrected chi connectivity index (χ1v) is 13.8. The lowest BCUT2D eigenvalue weighted by Crippen LogP contribution is -2.35. The van der Waals surface area contributed by atoms with Crippen LogP contribution in [0.1, 0.15) is 110 Å². The highest BCUT2D eigenvalue weighted by Crippen LogP contribution is 2.47. The van der Waals surface area contributed by atoms with E-state index in [4.69, 9.17) is 4.74 Å². The molecule has 2 unspecified atom stereocenters. The van der Waals surface area contributed by atoms with Crippen LogP contribution in [-0.2, 0) is 4.74 Å². The van der Waals surface area contributed by atoms with Crippen molar-refractivity contribution >= 4 is 0 Å². The Labute approximate surface area is 189 Å². The fourth-order valence-corrected chi connectivity index (χ4v) is 7.87. The van der Waals surface area contributed by atoms with E-state index in [0.717, 1.165) is 55.0 Å².